The van der Waals surface area contributed by atoms with Crippen LogP contribution >= 0.6 is 0 Å². The standard InChI is InChI=1S/C16H17FN2O4S/c1-19(2)16(20)11-4-6-12(7-5-11)18-24(21,22)13-8-9-15(23-3)14(17)10-13/h4-10,18H,1-3H3. The van der Waals surface area contributed by atoms with Crippen molar-refractivity contribution in [3.63, 3.8) is 0 Å². The lowest BCUT2D eigenvalue weighted by Gasteiger charge is -2.12. The van der Waals surface area contributed by atoms with E-state index in [4.69, 9.17) is 4.74 Å². The van der Waals surface area contributed by atoms with E-state index in [9.17, 15) is 17.6 Å². The number of sulfonamides is 1. The largest absolute Gasteiger partial charge is 0.494 e. The van der Waals surface area contributed by atoms with Gasteiger partial charge in [0, 0.05) is 25.3 Å². The Bertz CT molecular complexity index is 849. The maximum absolute atomic E-state index is 13.7. The maximum atomic E-state index is 13.7. The molecule has 0 fully saturated rings. The van der Waals surface area contributed by atoms with Crippen molar-refractivity contribution in [2.45, 2.75) is 4.90 Å². The summed E-state index contributed by atoms with van der Waals surface area (Å²) in [5.41, 5.74) is 0.694. The lowest BCUT2D eigenvalue weighted by molar-refractivity contribution is 0.0827. The molecular weight excluding hydrogens is 335 g/mol. The Morgan fingerprint density at radius 1 is 1.12 bits per heavy atom. The lowest BCUT2D eigenvalue weighted by Crippen LogP contribution is -2.21. The van der Waals surface area contributed by atoms with Gasteiger partial charge in [0.25, 0.3) is 15.9 Å². The molecule has 0 spiro atoms. The summed E-state index contributed by atoms with van der Waals surface area (Å²) in [7, 11) is 0.586. The van der Waals surface area contributed by atoms with E-state index >= 15 is 0 Å². The third-order valence-corrected chi connectivity index (χ3v) is 4.60. The summed E-state index contributed by atoms with van der Waals surface area (Å²) in [6, 6.07) is 9.31. The molecule has 2 aromatic carbocycles. The summed E-state index contributed by atoms with van der Waals surface area (Å²) >= 11 is 0. The quantitative estimate of drug-likeness (QED) is 0.896. The number of nitrogens with one attached hydrogen (secondary N) is 1. The van der Waals surface area contributed by atoms with Gasteiger partial charge in [-0.3, -0.25) is 9.52 Å². The minimum absolute atomic E-state index is 0.0412. The second-order valence-corrected chi connectivity index (χ2v) is 6.86. The van der Waals surface area contributed by atoms with Crippen molar-refractivity contribution in [3.8, 4) is 5.75 Å². The Balaban J connectivity index is 2.23. The van der Waals surface area contributed by atoms with Gasteiger partial charge in [0.05, 0.1) is 12.0 Å². The fraction of sp³-hybridized carbons (Fsp3) is 0.188. The molecule has 0 heterocycles. The first-order valence-corrected chi connectivity index (χ1v) is 8.41. The topological polar surface area (TPSA) is 75.7 Å². The molecule has 0 aromatic heterocycles. The molecule has 1 amide bonds. The molecule has 0 aliphatic rings. The number of halogens is 1. The zero-order chi connectivity index (χ0) is 17.9. The average Bonchev–Trinajstić information content (AvgIpc) is 2.54. The number of nitrogens with zero attached hydrogens (tertiary/aromatic N) is 1. The molecule has 0 saturated heterocycles. The van der Waals surface area contributed by atoms with Crippen molar-refractivity contribution in [2.75, 3.05) is 25.9 Å². The van der Waals surface area contributed by atoms with Crippen molar-refractivity contribution < 1.29 is 22.3 Å². The summed E-state index contributed by atoms with van der Waals surface area (Å²) in [5.74, 6) is -1.01. The van der Waals surface area contributed by atoms with E-state index in [0.717, 1.165) is 6.07 Å². The van der Waals surface area contributed by atoms with Gasteiger partial charge in [0.15, 0.2) is 11.6 Å². The molecule has 1 N–H and O–H groups in total. The molecule has 6 nitrogen and oxygen atoms in total. The predicted molar refractivity (Wildman–Crippen MR) is 88.2 cm³/mol. The molecule has 0 aliphatic heterocycles. The highest BCUT2D eigenvalue weighted by Gasteiger charge is 2.17. The first-order valence-electron chi connectivity index (χ1n) is 6.92. The van der Waals surface area contributed by atoms with Gasteiger partial charge in [-0.1, -0.05) is 0 Å². The number of benzene rings is 2. The highest BCUT2D eigenvalue weighted by Crippen LogP contribution is 2.22. The molecule has 128 valence electrons. The summed E-state index contributed by atoms with van der Waals surface area (Å²) in [4.78, 5) is 13.0. The normalized spacial score (nSPS) is 11.0. The second-order valence-electron chi connectivity index (χ2n) is 5.18. The van der Waals surface area contributed by atoms with Gasteiger partial charge < -0.3 is 9.64 Å². The molecule has 0 aliphatic carbocycles. The van der Waals surface area contributed by atoms with E-state index in [2.05, 4.69) is 4.72 Å². The molecule has 0 bridgehead atoms. The van der Waals surface area contributed by atoms with E-state index < -0.39 is 15.8 Å². The highest BCUT2D eigenvalue weighted by atomic mass is 32.2. The SMILES string of the molecule is COc1ccc(S(=O)(=O)Nc2ccc(C(=O)N(C)C)cc2)cc1F. The Labute approximate surface area is 139 Å². The molecule has 24 heavy (non-hydrogen) atoms. The Morgan fingerprint density at radius 2 is 1.75 bits per heavy atom. The molecule has 2 aromatic rings. The van der Waals surface area contributed by atoms with Crippen LogP contribution in [0.1, 0.15) is 10.4 Å². The minimum atomic E-state index is -3.95. The molecule has 0 radical (unpaired) electrons. The van der Waals surface area contributed by atoms with E-state index in [0.29, 0.717) is 5.56 Å². The number of hydrogen-bond donors (Lipinski definition) is 1. The van der Waals surface area contributed by atoms with Crippen molar-refractivity contribution in [3.05, 3.63) is 53.8 Å². The smallest absolute Gasteiger partial charge is 0.262 e. The van der Waals surface area contributed by atoms with Gasteiger partial charge in [-0.25, -0.2) is 12.8 Å². The third-order valence-electron chi connectivity index (χ3n) is 3.22. The minimum Gasteiger partial charge on any atom is -0.494 e. The van der Waals surface area contributed by atoms with Crippen molar-refractivity contribution in [2.24, 2.45) is 0 Å². The van der Waals surface area contributed by atoms with Gasteiger partial charge in [-0.15, -0.1) is 0 Å². The van der Waals surface area contributed by atoms with Gasteiger partial charge in [-0.05, 0) is 42.5 Å². The first kappa shape index (κ1) is 17.7. The number of rotatable bonds is 5. The van der Waals surface area contributed by atoms with Gasteiger partial charge in [-0.2, -0.15) is 0 Å². The first-order chi connectivity index (χ1) is 11.2. The van der Waals surface area contributed by atoms with E-state index in [1.807, 2.05) is 0 Å². The Morgan fingerprint density at radius 3 is 2.25 bits per heavy atom. The van der Waals surface area contributed by atoms with Crippen LogP contribution in [0.15, 0.2) is 47.4 Å². The lowest BCUT2D eigenvalue weighted by atomic mass is 10.2. The summed E-state index contributed by atoms with van der Waals surface area (Å²) in [6.45, 7) is 0. The fourth-order valence-corrected chi connectivity index (χ4v) is 3.04. The van der Waals surface area contributed by atoms with Crippen molar-refractivity contribution in [1.82, 2.24) is 4.90 Å². The zero-order valence-corrected chi connectivity index (χ0v) is 14.2. The molecule has 2 rings (SSSR count). The molecule has 0 unspecified atom stereocenters. The average molecular weight is 352 g/mol. The number of methoxy groups -OCH3 is 1. The van der Waals surface area contributed by atoms with E-state index in [1.54, 1.807) is 14.1 Å². The predicted octanol–water partition coefficient (Wildman–Crippen LogP) is 2.34. The van der Waals surface area contributed by atoms with Gasteiger partial charge in [0.1, 0.15) is 0 Å². The van der Waals surface area contributed by atoms with Crippen LogP contribution in [0, 0.1) is 5.82 Å². The molecule has 0 saturated carbocycles. The number of carbonyl (C=O) groups is 1. The second kappa shape index (κ2) is 6.88. The van der Waals surface area contributed by atoms with Crippen molar-refractivity contribution >= 4 is 21.6 Å². The zero-order valence-electron chi connectivity index (χ0n) is 13.4. The van der Waals surface area contributed by atoms with Crippen LogP contribution in [0.3, 0.4) is 0 Å². The highest BCUT2D eigenvalue weighted by molar-refractivity contribution is 7.92. The summed E-state index contributed by atoms with van der Waals surface area (Å²) < 4.78 is 45.3. The number of hydrogen-bond acceptors (Lipinski definition) is 4. The van der Waals surface area contributed by atoms with E-state index in [-0.39, 0.29) is 22.2 Å². The molecule has 0 atom stereocenters. The number of carbonyl (C=O) groups excluding carboxylic acids is 1. The summed E-state index contributed by atoms with van der Waals surface area (Å²) in [6.07, 6.45) is 0. The summed E-state index contributed by atoms with van der Waals surface area (Å²) in [5, 5.41) is 0. The van der Waals surface area contributed by atoms with Gasteiger partial charge >= 0.3 is 0 Å². The number of amides is 1. The van der Waals surface area contributed by atoms with Crippen LogP contribution in [0.2, 0.25) is 0 Å². The number of ether oxygens (including phenoxy) is 1. The third kappa shape index (κ3) is 3.83. The van der Waals surface area contributed by atoms with Crippen LogP contribution < -0.4 is 9.46 Å². The number of anilines is 1. The van der Waals surface area contributed by atoms with Crippen LogP contribution in [-0.2, 0) is 10.0 Å². The Hall–Kier alpha value is -2.61. The molecular formula is C16H17FN2O4S. The van der Waals surface area contributed by atoms with Crippen LogP contribution in [0.4, 0.5) is 10.1 Å². The monoisotopic (exact) mass is 352 g/mol. The van der Waals surface area contributed by atoms with E-state index in [1.165, 1.54) is 48.4 Å². The van der Waals surface area contributed by atoms with Crippen LogP contribution in [0.25, 0.3) is 0 Å². The molecule has 8 heteroatoms. The van der Waals surface area contributed by atoms with Crippen LogP contribution in [-0.4, -0.2) is 40.4 Å². The van der Waals surface area contributed by atoms with Gasteiger partial charge in [0.2, 0.25) is 0 Å². The maximum Gasteiger partial charge on any atom is 0.262 e. The van der Waals surface area contributed by atoms with Crippen molar-refractivity contribution in [1.29, 1.82) is 0 Å². The Kier molecular flexibility index (Phi) is 5.08. The fourth-order valence-electron chi connectivity index (χ4n) is 1.97. The van der Waals surface area contributed by atoms with Crippen LogP contribution in [0.5, 0.6) is 5.75 Å².